The van der Waals surface area contributed by atoms with Crippen LogP contribution < -0.4 is 0 Å². The number of nitrogens with zero attached hydrogens (tertiary/aromatic N) is 1. The van der Waals surface area contributed by atoms with Crippen LogP contribution in [0.2, 0.25) is 0 Å². The van der Waals surface area contributed by atoms with Crippen molar-refractivity contribution in [3.8, 4) is 0 Å². The van der Waals surface area contributed by atoms with Crippen LogP contribution in [0.3, 0.4) is 0 Å². The minimum atomic E-state index is -1.21. The number of hydrogen-bond donors (Lipinski definition) is 3. The van der Waals surface area contributed by atoms with Crippen LogP contribution in [0.4, 0.5) is 0 Å². The van der Waals surface area contributed by atoms with E-state index >= 15 is 0 Å². The van der Waals surface area contributed by atoms with Gasteiger partial charge in [-0.25, -0.2) is 4.79 Å². The summed E-state index contributed by atoms with van der Waals surface area (Å²) in [4.78, 5) is 14.0. The molecular formula is C12H12N2O3. The van der Waals surface area contributed by atoms with E-state index in [2.05, 4.69) is 10.1 Å². The molecule has 5 nitrogen and oxygen atoms in total. The predicted octanol–water partition coefficient (Wildman–Crippen LogP) is 1.93. The predicted molar refractivity (Wildman–Crippen MR) is 63.6 cm³/mol. The Labute approximate surface area is 97.4 Å². The molecule has 0 atom stereocenters. The molecule has 2 aromatic rings. The minimum absolute atomic E-state index is 0.0989. The van der Waals surface area contributed by atoms with Crippen molar-refractivity contribution in [2.75, 3.05) is 0 Å². The minimum Gasteiger partial charge on any atom is -0.477 e. The number of carboxylic acids is 1. The van der Waals surface area contributed by atoms with E-state index in [-0.39, 0.29) is 12.1 Å². The molecule has 0 unspecified atom stereocenters. The zero-order chi connectivity index (χ0) is 12.4. The summed E-state index contributed by atoms with van der Waals surface area (Å²) in [6.07, 6.45) is 0.0989. The van der Waals surface area contributed by atoms with E-state index in [9.17, 15) is 4.79 Å². The van der Waals surface area contributed by atoms with Crippen LogP contribution in [0.25, 0.3) is 10.9 Å². The Morgan fingerprint density at radius 3 is 2.76 bits per heavy atom. The summed E-state index contributed by atoms with van der Waals surface area (Å²) in [6, 6.07) is 7.61. The number of nitrogens with one attached hydrogen (secondary N) is 1. The van der Waals surface area contributed by atoms with Crippen LogP contribution in [0, 0.1) is 6.92 Å². The van der Waals surface area contributed by atoms with Crippen molar-refractivity contribution < 1.29 is 15.1 Å². The molecule has 0 aliphatic rings. The highest BCUT2D eigenvalue weighted by Gasteiger charge is 2.16. The van der Waals surface area contributed by atoms with Crippen LogP contribution in [0.5, 0.6) is 0 Å². The number of rotatable bonds is 3. The average Bonchev–Trinajstić information content (AvgIpc) is 2.61. The number of aryl methyl sites for hydroxylation is 1. The van der Waals surface area contributed by atoms with Gasteiger partial charge in [0.25, 0.3) is 0 Å². The van der Waals surface area contributed by atoms with Crippen molar-refractivity contribution in [1.82, 2.24) is 4.98 Å². The van der Waals surface area contributed by atoms with Crippen LogP contribution in [-0.4, -0.2) is 27.0 Å². The number of H-pyrrole nitrogens is 1. The Balaban J connectivity index is 2.48. The summed E-state index contributed by atoms with van der Waals surface area (Å²) in [5.74, 6) is -1.21. The molecule has 88 valence electrons. The second-order valence-electron chi connectivity index (χ2n) is 3.80. The summed E-state index contributed by atoms with van der Waals surface area (Å²) in [6.45, 7) is 1.87. The molecule has 0 aliphatic heterocycles. The fraction of sp³-hybridized carbons (Fsp3) is 0.167. The smallest absolute Gasteiger partial charge is 0.354 e. The highest BCUT2D eigenvalue weighted by atomic mass is 16.4. The van der Waals surface area contributed by atoms with Crippen LogP contribution in [-0.2, 0) is 11.2 Å². The van der Waals surface area contributed by atoms with Crippen LogP contribution in [0.1, 0.15) is 11.3 Å². The maximum absolute atomic E-state index is 10.8. The van der Waals surface area contributed by atoms with Crippen molar-refractivity contribution in [1.29, 1.82) is 0 Å². The highest BCUT2D eigenvalue weighted by molar-refractivity contribution is 6.36. The molecule has 0 spiro atoms. The molecular weight excluding hydrogens is 220 g/mol. The number of aliphatic carboxylic acids is 1. The van der Waals surface area contributed by atoms with E-state index in [1.54, 1.807) is 0 Å². The summed E-state index contributed by atoms with van der Waals surface area (Å²) in [5, 5.41) is 21.3. The van der Waals surface area contributed by atoms with Crippen molar-refractivity contribution in [3.05, 3.63) is 35.5 Å². The number of carboxylic acid groups (broad SMARTS) is 1. The van der Waals surface area contributed by atoms with E-state index in [1.165, 1.54) is 0 Å². The lowest BCUT2D eigenvalue weighted by Gasteiger charge is -2.00. The zero-order valence-corrected chi connectivity index (χ0v) is 9.27. The summed E-state index contributed by atoms with van der Waals surface area (Å²) >= 11 is 0. The van der Waals surface area contributed by atoms with Gasteiger partial charge in [0, 0.05) is 23.0 Å². The lowest BCUT2D eigenvalue weighted by atomic mass is 10.0. The molecule has 0 bridgehead atoms. The van der Waals surface area contributed by atoms with Crippen molar-refractivity contribution in [3.63, 3.8) is 0 Å². The molecule has 0 radical (unpaired) electrons. The zero-order valence-electron chi connectivity index (χ0n) is 9.27. The van der Waals surface area contributed by atoms with E-state index in [1.807, 2.05) is 31.2 Å². The number of para-hydroxylation sites is 1. The van der Waals surface area contributed by atoms with Gasteiger partial charge in [-0.15, -0.1) is 0 Å². The normalized spacial score (nSPS) is 11.9. The third-order valence-corrected chi connectivity index (χ3v) is 2.74. The number of benzene rings is 1. The molecule has 0 fully saturated rings. The Morgan fingerprint density at radius 2 is 2.12 bits per heavy atom. The van der Waals surface area contributed by atoms with Gasteiger partial charge in [-0.3, -0.25) is 0 Å². The topological polar surface area (TPSA) is 85.7 Å². The number of aromatic nitrogens is 1. The molecule has 1 aromatic carbocycles. The van der Waals surface area contributed by atoms with Gasteiger partial charge in [0.15, 0.2) is 5.71 Å². The average molecular weight is 232 g/mol. The number of oxime groups is 1. The molecule has 5 heteroatoms. The van der Waals surface area contributed by atoms with Gasteiger partial charge >= 0.3 is 5.97 Å². The van der Waals surface area contributed by atoms with E-state index in [0.29, 0.717) is 0 Å². The molecule has 3 N–H and O–H groups in total. The summed E-state index contributed by atoms with van der Waals surface area (Å²) in [7, 11) is 0. The van der Waals surface area contributed by atoms with E-state index in [4.69, 9.17) is 10.3 Å². The van der Waals surface area contributed by atoms with Crippen molar-refractivity contribution in [2.24, 2.45) is 5.16 Å². The first-order chi connectivity index (χ1) is 8.13. The Hall–Kier alpha value is -2.30. The number of hydrogen-bond acceptors (Lipinski definition) is 3. The van der Waals surface area contributed by atoms with E-state index < -0.39 is 5.97 Å². The Kier molecular flexibility index (Phi) is 2.82. The quantitative estimate of drug-likeness (QED) is 0.429. The van der Waals surface area contributed by atoms with Crippen molar-refractivity contribution in [2.45, 2.75) is 13.3 Å². The molecule has 17 heavy (non-hydrogen) atoms. The fourth-order valence-electron chi connectivity index (χ4n) is 1.88. The summed E-state index contributed by atoms with van der Waals surface area (Å²) < 4.78 is 0. The first kappa shape index (κ1) is 11.2. The Morgan fingerprint density at radius 1 is 1.41 bits per heavy atom. The first-order valence-corrected chi connectivity index (χ1v) is 5.14. The number of fused-ring (bicyclic) bond motifs is 1. The number of carbonyl (C=O) groups is 1. The summed E-state index contributed by atoms with van der Waals surface area (Å²) in [5.41, 5.74) is 2.41. The molecule has 0 amide bonds. The van der Waals surface area contributed by atoms with E-state index in [0.717, 1.165) is 22.2 Å². The molecule has 2 rings (SSSR count). The molecule has 0 aliphatic carbocycles. The standard InChI is InChI=1S/C12H12N2O3/c1-7-9(6-11(14-17)12(15)16)8-4-2-3-5-10(8)13-7/h2-5,13,17H,6H2,1H3,(H,15,16)/b14-11-. The lowest BCUT2D eigenvalue weighted by molar-refractivity contribution is -0.129. The fourth-order valence-corrected chi connectivity index (χ4v) is 1.88. The second kappa shape index (κ2) is 4.29. The third-order valence-electron chi connectivity index (χ3n) is 2.74. The lowest BCUT2D eigenvalue weighted by Crippen LogP contribution is -2.16. The number of aromatic amines is 1. The monoisotopic (exact) mass is 232 g/mol. The van der Waals surface area contributed by atoms with Gasteiger partial charge in [-0.05, 0) is 18.6 Å². The van der Waals surface area contributed by atoms with Gasteiger partial charge in [0.2, 0.25) is 0 Å². The third kappa shape index (κ3) is 1.99. The molecule has 0 saturated heterocycles. The Bertz CT molecular complexity index is 599. The molecule has 1 aromatic heterocycles. The van der Waals surface area contributed by atoms with Gasteiger partial charge in [-0.2, -0.15) is 0 Å². The van der Waals surface area contributed by atoms with Crippen LogP contribution in [0.15, 0.2) is 29.4 Å². The van der Waals surface area contributed by atoms with Crippen molar-refractivity contribution >= 4 is 22.6 Å². The van der Waals surface area contributed by atoms with Gasteiger partial charge in [-0.1, -0.05) is 23.4 Å². The SMILES string of the molecule is Cc1[nH]c2ccccc2c1C/C(=N/O)C(=O)O. The molecule has 0 saturated carbocycles. The first-order valence-electron chi connectivity index (χ1n) is 5.14. The van der Waals surface area contributed by atoms with Gasteiger partial charge in [0.05, 0.1) is 0 Å². The second-order valence-corrected chi connectivity index (χ2v) is 3.80. The maximum atomic E-state index is 10.8. The van der Waals surface area contributed by atoms with Gasteiger partial charge in [0.1, 0.15) is 0 Å². The molecule has 1 heterocycles. The van der Waals surface area contributed by atoms with Gasteiger partial charge < -0.3 is 15.3 Å². The van der Waals surface area contributed by atoms with Crippen LogP contribution >= 0.6 is 0 Å². The maximum Gasteiger partial charge on any atom is 0.354 e. The largest absolute Gasteiger partial charge is 0.477 e. The highest BCUT2D eigenvalue weighted by Crippen LogP contribution is 2.22.